The first kappa shape index (κ1) is 27.2. The minimum Gasteiger partial charge on any atom is -0.493 e. The number of aromatic nitrogens is 1. The van der Waals surface area contributed by atoms with Crippen LogP contribution in [0.2, 0.25) is 0 Å². The first-order valence-corrected chi connectivity index (χ1v) is 14.2. The minimum atomic E-state index is -4.77. The summed E-state index contributed by atoms with van der Waals surface area (Å²) in [4.78, 5) is 43.4. The molecule has 2 aliphatic heterocycles. The summed E-state index contributed by atoms with van der Waals surface area (Å²) in [6, 6.07) is 19.1. The number of thioether (sulfide) groups is 1. The van der Waals surface area contributed by atoms with E-state index in [1.807, 2.05) is 30.3 Å². The molecule has 12 heteroatoms. The van der Waals surface area contributed by atoms with E-state index in [1.165, 1.54) is 19.2 Å². The van der Waals surface area contributed by atoms with Gasteiger partial charge in [-0.15, -0.1) is 0 Å². The molecular formula is C29H21F3N2O5S2. The Bertz CT molecular complexity index is 1700. The van der Waals surface area contributed by atoms with Gasteiger partial charge in [-0.2, -0.15) is 13.2 Å². The molecule has 210 valence electrons. The van der Waals surface area contributed by atoms with Crippen LogP contribution < -0.4 is 19.2 Å². The third-order valence-corrected chi connectivity index (χ3v) is 9.46. The van der Waals surface area contributed by atoms with Crippen LogP contribution in [0.25, 0.3) is 0 Å². The van der Waals surface area contributed by atoms with Crippen LogP contribution in [0.15, 0.2) is 82.6 Å². The fourth-order valence-corrected chi connectivity index (χ4v) is 7.77. The van der Waals surface area contributed by atoms with Gasteiger partial charge in [0.15, 0.2) is 11.5 Å². The number of thiazole rings is 1. The Balaban J connectivity index is 1.41. The molecule has 0 saturated carbocycles. The molecule has 1 N–H and O–H groups in total. The van der Waals surface area contributed by atoms with E-state index in [1.54, 1.807) is 18.2 Å². The second-order valence-corrected chi connectivity index (χ2v) is 11.6. The van der Waals surface area contributed by atoms with E-state index in [4.69, 9.17) is 9.47 Å². The highest BCUT2D eigenvalue weighted by Crippen LogP contribution is 2.54. The Morgan fingerprint density at radius 2 is 1.66 bits per heavy atom. The van der Waals surface area contributed by atoms with Gasteiger partial charge in [0, 0.05) is 10.8 Å². The molecule has 1 aromatic heterocycles. The number of hydrogen-bond donors (Lipinski definition) is 1. The summed E-state index contributed by atoms with van der Waals surface area (Å²) in [6.07, 6.45) is -4.77. The number of ether oxygens (including phenoxy) is 2. The van der Waals surface area contributed by atoms with Crippen LogP contribution in [0.4, 0.5) is 18.9 Å². The van der Waals surface area contributed by atoms with Crippen molar-refractivity contribution in [2.75, 3.05) is 12.0 Å². The van der Waals surface area contributed by atoms with E-state index in [2.05, 4.69) is 4.98 Å². The molecule has 2 aliphatic rings. The fraction of sp³-hybridized carbons (Fsp3) is 0.207. The van der Waals surface area contributed by atoms with Crippen molar-refractivity contribution in [3.05, 3.63) is 104 Å². The molecule has 6 rings (SSSR count). The van der Waals surface area contributed by atoms with Gasteiger partial charge in [0.25, 0.3) is 0 Å². The first-order chi connectivity index (χ1) is 19.7. The van der Waals surface area contributed by atoms with Crippen LogP contribution in [0.1, 0.15) is 27.5 Å². The van der Waals surface area contributed by atoms with Crippen LogP contribution in [-0.2, 0) is 22.4 Å². The Morgan fingerprint density at radius 1 is 0.927 bits per heavy atom. The topological polar surface area (TPSA) is 88.7 Å². The largest absolute Gasteiger partial charge is 0.493 e. The predicted octanol–water partition coefficient (Wildman–Crippen LogP) is 5.84. The normalized spacial score (nSPS) is 20.1. The molecule has 0 unspecified atom stereocenters. The van der Waals surface area contributed by atoms with Crippen LogP contribution in [0.3, 0.4) is 0 Å². The van der Waals surface area contributed by atoms with Gasteiger partial charge in [-0.3, -0.25) is 14.4 Å². The predicted molar refractivity (Wildman–Crippen MR) is 148 cm³/mol. The lowest BCUT2D eigenvalue weighted by atomic mass is 9.83. The van der Waals surface area contributed by atoms with Crippen LogP contribution in [0.5, 0.6) is 11.5 Å². The summed E-state index contributed by atoms with van der Waals surface area (Å²) >= 11 is 1.90. The lowest BCUT2D eigenvalue weighted by Gasteiger charge is -2.30. The quantitative estimate of drug-likeness (QED) is 0.281. The number of anilines is 1. The number of H-pyrrole nitrogens is 1. The number of rotatable bonds is 6. The summed E-state index contributed by atoms with van der Waals surface area (Å²) in [5, 5.41) is -0.617. The average Bonchev–Trinajstić information content (AvgIpc) is 3.45. The number of benzene rings is 3. The Morgan fingerprint density at radius 3 is 2.39 bits per heavy atom. The van der Waals surface area contributed by atoms with Gasteiger partial charge in [-0.05, 0) is 35.4 Å². The van der Waals surface area contributed by atoms with Gasteiger partial charge in [0.05, 0.1) is 29.3 Å². The fourth-order valence-electron chi connectivity index (χ4n) is 5.25. The minimum absolute atomic E-state index is 0.283. The number of carbonyl (C=O) groups excluding carboxylic acids is 2. The molecule has 0 spiro atoms. The molecule has 2 amide bonds. The zero-order chi connectivity index (χ0) is 28.9. The standard InChI is InChI=1S/C29H21F3N2O5S2/c1-38-20-13-16(11-12-19(20)39-14-15-7-3-2-4-8-15)21-22-24(40-25-23(21)41-28(37)33-25)27(36)34(26(22)35)18-10-6-5-9-17(18)29(30,31)32/h2-13,21-22,24H,14H2,1H3,(H,33,37)/t21-,22-,24+/m0/s1. The number of carbonyl (C=O) groups is 2. The molecule has 3 heterocycles. The molecule has 41 heavy (non-hydrogen) atoms. The first-order valence-electron chi connectivity index (χ1n) is 12.5. The smallest absolute Gasteiger partial charge is 0.418 e. The second kappa shape index (κ2) is 10.4. The highest BCUT2D eigenvalue weighted by atomic mass is 32.2. The third-order valence-electron chi connectivity index (χ3n) is 7.06. The van der Waals surface area contributed by atoms with Gasteiger partial charge >= 0.3 is 11.0 Å². The number of para-hydroxylation sites is 1. The zero-order valence-corrected chi connectivity index (χ0v) is 22.9. The number of imide groups is 1. The van der Waals surface area contributed by atoms with E-state index in [0.29, 0.717) is 31.9 Å². The van der Waals surface area contributed by atoms with Crippen molar-refractivity contribution in [2.24, 2.45) is 5.92 Å². The molecule has 0 radical (unpaired) electrons. The van der Waals surface area contributed by atoms with E-state index >= 15 is 0 Å². The number of hydrogen-bond acceptors (Lipinski definition) is 7. The lowest BCUT2D eigenvalue weighted by molar-refractivity contribution is -0.137. The van der Waals surface area contributed by atoms with Gasteiger partial charge in [-0.1, -0.05) is 71.6 Å². The van der Waals surface area contributed by atoms with Gasteiger partial charge in [0.1, 0.15) is 11.9 Å². The number of halogens is 3. The zero-order valence-electron chi connectivity index (χ0n) is 21.3. The maximum absolute atomic E-state index is 13.9. The number of amides is 2. The van der Waals surface area contributed by atoms with Crippen molar-refractivity contribution >= 4 is 40.6 Å². The molecular weight excluding hydrogens is 577 g/mol. The average molecular weight is 599 g/mol. The van der Waals surface area contributed by atoms with Crippen molar-refractivity contribution in [3.8, 4) is 11.5 Å². The molecule has 0 bridgehead atoms. The van der Waals surface area contributed by atoms with Crippen molar-refractivity contribution in [3.63, 3.8) is 0 Å². The van der Waals surface area contributed by atoms with Crippen LogP contribution in [0, 0.1) is 5.92 Å². The Labute approximate surface area is 239 Å². The number of methoxy groups -OCH3 is 1. The summed E-state index contributed by atoms with van der Waals surface area (Å²) in [7, 11) is 1.47. The van der Waals surface area contributed by atoms with Crippen molar-refractivity contribution in [2.45, 2.75) is 29.0 Å². The monoisotopic (exact) mass is 598 g/mol. The number of fused-ring (bicyclic) bond motifs is 2. The van der Waals surface area contributed by atoms with E-state index in [9.17, 15) is 27.6 Å². The summed E-state index contributed by atoms with van der Waals surface area (Å²) < 4.78 is 53.1. The SMILES string of the molecule is COc1cc([C@@H]2c3sc(=O)[nH]c3S[C@H]3C(=O)N(c4ccccc4C(F)(F)F)C(=O)[C@@H]23)ccc1OCc1ccccc1. The Kier molecular flexibility index (Phi) is 6.90. The van der Waals surface area contributed by atoms with E-state index < -0.39 is 46.3 Å². The molecule has 3 atom stereocenters. The number of alkyl halides is 3. The van der Waals surface area contributed by atoms with Crippen LogP contribution >= 0.6 is 23.1 Å². The summed E-state index contributed by atoms with van der Waals surface area (Å²) in [5.41, 5.74) is -0.0795. The van der Waals surface area contributed by atoms with Gasteiger partial charge < -0.3 is 14.5 Å². The van der Waals surface area contributed by atoms with Crippen molar-refractivity contribution in [1.29, 1.82) is 0 Å². The maximum Gasteiger partial charge on any atom is 0.418 e. The second-order valence-electron chi connectivity index (χ2n) is 9.46. The summed E-state index contributed by atoms with van der Waals surface area (Å²) in [5.74, 6) is -2.54. The number of aromatic amines is 1. The molecule has 4 aromatic rings. The van der Waals surface area contributed by atoms with Crippen LogP contribution in [-0.4, -0.2) is 29.2 Å². The lowest BCUT2D eigenvalue weighted by Crippen LogP contribution is -2.33. The van der Waals surface area contributed by atoms with Crippen molar-refractivity contribution < 1.29 is 32.2 Å². The highest BCUT2D eigenvalue weighted by Gasteiger charge is 2.57. The third kappa shape index (κ3) is 4.80. The van der Waals surface area contributed by atoms with Crippen molar-refractivity contribution in [1.82, 2.24) is 4.98 Å². The van der Waals surface area contributed by atoms with Gasteiger partial charge in [0.2, 0.25) is 11.8 Å². The number of nitrogens with one attached hydrogen (secondary N) is 1. The van der Waals surface area contributed by atoms with Gasteiger partial charge in [-0.25, -0.2) is 4.90 Å². The molecule has 0 aliphatic carbocycles. The van der Waals surface area contributed by atoms with E-state index in [0.717, 1.165) is 40.8 Å². The molecule has 1 fully saturated rings. The number of nitrogens with zero attached hydrogens (tertiary/aromatic N) is 1. The van der Waals surface area contributed by atoms with E-state index in [-0.39, 0.29) is 11.5 Å². The maximum atomic E-state index is 13.9. The highest BCUT2D eigenvalue weighted by molar-refractivity contribution is 8.00. The molecule has 7 nitrogen and oxygen atoms in total. The molecule has 3 aromatic carbocycles. The molecule has 1 saturated heterocycles. The summed E-state index contributed by atoms with van der Waals surface area (Å²) in [6.45, 7) is 0.283. The Hall–Kier alpha value is -4.03.